The molecule has 0 N–H and O–H groups in total. The Morgan fingerprint density at radius 1 is 1.44 bits per heavy atom. The molecule has 1 heterocycles. The van der Waals surface area contributed by atoms with E-state index in [1.807, 2.05) is 0 Å². The van der Waals surface area contributed by atoms with E-state index < -0.39 is 23.6 Å². The minimum atomic E-state index is -4.40. The predicted octanol–water partition coefficient (Wildman–Crippen LogP) is 2.43. The standard InChI is InChI=1S/C12H11F3O3/c1-17-11(16)8-4-7-5-9(12(13,14)15)2-3-10(7)18-6-8/h2-3,5,8H,4,6H2,1H3. The van der Waals surface area contributed by atoms with E-state index in [0.29, 0.717) is 11.3 Å². The van der Waals surface area contributed by atoms with E-state index in [4.69, 9.17) is 4.74 Å². The number of hydrogen-bond acceptors (Lipinski definition) is 3. The Bertz CT molecular complexity index is 468. The van der Waals surface area contributed by atoms with E-state index in [9.17, 15) is 18.0 Å². The van der Waals surface area contributed by atoms with Crippen molar-refractivity contribution in [2.45, 2.75) is 12.6 Å². The Morgan fingerprint density at radius 3 is 2.78 bits per heavy atom. The number of hydrogen-bond donors (Lipinski definition) is 0. The maximum atomic E-state index is 12.5. The molecule has 98 valence electrons. The quantitative estimate of drug-likeness (QED) is 0.727. The van der Waals surface area contributed by atoms with Crippen LogP contribution in [0.1, 0.15) is 11.1 Å². The summed E-state index contributed by atoms with van der Waals surface area (Å²) in [4.78, 5) is 11.3. The van der Waals surface area contributed by atoms with Gasteiger partial charge in [0.25, 0.3) is 0 Å². The molecule has 1 unspecified atom stereocenters. The molecule has 3 nitrogen and oxygen atoms in total. The number of carbonyl (C=O) groups excluding carboxylic acids is 1. The maximum Gasteiger partial charge on any atom is 0.416 e. The fraction of sp³-hybridized carbons (Fsp3) is 0.417. The molecular formula is C12H11F3O3. The van der Waals surface area contributed by atoms with Gasteiger partial charge in [0.2, 0.25) is 0 Å². The molecule has 0 aromatic heterocycles. The van der Waals surface area contributed by atoms with Gasteiger partial charge in [0.05, 0.1) is 18.6 Å². The fourth-order valence-corrected chi connectivity index (χ4v) is 1.89. The highest BCUT2D eigenvalue weighted by Crippen LogP contribution is 2.35. The lowest BCUT2D eigenvalue weighted by atomic mass is 9.95. The molecule has 2 rings (SSSR count). The van der Waals surface area contributed by atoms with Crippen molar-refractivity contribution in [2.75, 3.05) is 13.7 Å². The monoisotopic (exact) mass is 260 g/mol. The molecule has 0 amide bonds. The van der Waals surface area contributed by atoms with Crippen molar-refractivity contribution < 1.29 is 27.4 Å². The zero-order valence-electron chi connectivity index (χ0n) is 9.58. The average molecular weight is 260 g/mol. The number of esters is 1. The van der Waals surface area contributed by atoms with Crippen molar-refractivity contribution in [1.29, 1.82) is 0 Å². The molecule has 1 aromatic rings. The van der Waals surface area contributed by atoms with Crippen molar-refractivity contribution in [3.8, 4) is 5.75 Å². The summed E-state index contributed by atoms with van der Waals surface area (Å²) in [5.41, 5.74) is -0.359. The number of methoxy groups -OCH3 is 1. The van der Waals surface area contributed by atoms with Crippen LogP contribution in [-0.2, 0) is 22.1 Å². The van der Waals surface area contributed by atoms with E-state index in [-0.39, 0.29) is 13.0 Å². The third kappa shape index (κ3) is 2.42. The molecule has 0 saturated heterocycles. The number of benzene rings is 1. The van der Waals surface area contributed by atoms with Crippen LogP contribution in [0.5, 0.6) is 5.75 Å². The summed E-state index contributed by atoms with van der Waals surface area (Å²) in [5.74, 6) is -0.632. The zero-order chi connectivity index (χ0) is 13.3. The van der Waals surface area contributed by atoms with Gasteiger partial charge in [-0.25, -0.2) is 0 Å². The summed E-state index contributed by atoms with van der Waals surface area (Å²) in [5, 5.41) is 0. The number of carbonyl (C=O) groups is 1. The molecule has 0 aliphatic carbocycles. The zero-order valence-corrected chi connectivity index (χ0v) is 9.58. The van der Waals surface area contributed by atoms with Gasteiger partial charge in [-0.2, -0.15) is 13.2 Å². The molecule has 1 aromatic carbocycles. The van der Waals surface area contributed by atoms with E-state index in [2.05, 4.69) is 4.74 Å². The topological polar surface area (TPSA) is 35.5 Å². The van der Waals surface area contributed by atoms with Crippen LogP contribution >= 0.6 is 0 Å². The average Bonchev–Trinajstić information content (AvgIpc) is 2.35. The van der Waals surface area contributed by atoms with E-state index in [1.54, 1.807) is 0 Å². The number of alkyl halides is 3. The van der Waals surface area contributed by atoms with Crippen LogP contribution in [0.4, 0.5) is 13.2 Å². The first-order valence-electron chi connectivity index (χ1n) is 5.32. The first-order valence-corrected chi connectivity index (χ1v) is 5.32. The van der Waals surface area contributed by atoms with Crippen molar-refractivity contribution >= 4 is 5.97 Å². The highest BCUT2D eigenvalue weighted by Gasteiger charge is 2.33. The van der Waals surface area contributed by atoms with Gasteiger partial charge in [-0.1, -0.05) is 0 Å². The molecule has 6 heteroatoms. The molecule has 0 bridgehead atoms. The lowest BCUT2D eigenvalue weighted by Crippen LogP contribution is -2.29. The van der Waals surface area contributed by atoms with Crippen LogP contribution in [0, 0.1) is 5.92 Å². The van der Waals surface area contributed by atoms with Crippen molar-refractivity contribution in [2.24, 2.45) is 5.92 Å². The van der Waals surface area contributed by atoms with E-state index >= 15 is 0 Å². The summed E-state index contributed by atoms with van der Waals surface area (Å²) >= 11 is 0. The predicted molar refractivity (Wildman–Crippen MR) is 56.1 cm³/mol. The van der Waals surface area contributed by atoms with Gasteiger partial charge in [0.15, 0.2) is 0 Å². The Balaban J connectivity index is 2.27. The van der Waals surface area contributed by atoms with Crippen LogP contribution in [0.3, 0.4) is 0 Å². The maximum absolute atomic E-state index is 12.5. The summed E-state index contributed by atoms with van der Waals surface area (Å²) in [7, 11) is 1.24. The largest absolute Gasteiger partial charge is 0.492 e. The summed E-state index contributed by atoms with van der Waals surface area (Å²) in [6, 6.07) is 3.27. The van der Waals surface area contributed by atoms with Gasteiger partial charge in [-0.3, -0.25) is 4.79 Å². The van der Waals surface area contributed by atoms with Crippen molar-refractivity contribution in [3.63, 3.8) is 0 Å². The van der Waals surface area contributed by atoms with Gasteiger partial charge >= 0.3 is 12.1 Å². The number of fused-ring (bicyclic) bond motifs is 1. The van der Waals surface area contributed by atoms with Gasteiger partial charge in [0.1, 0.15) is 12.4 Å². The molecule has 0 saturated carbocycles. The van der Waals surface area contributed by atoms with Crippen LogP contribution in [0.25, 0.3) is 0 Å². The minimum Gasteiger partial charge on any atom is -0.492 e. The highest BCUT2D eigenvalue weighted by atomic mass is 19.4. The third-order valence-corrected chi connectivity index (χ3v) is 2.83. The molecule has 1 atom stereocenters. The van der Waals surface area contributed by atoms with Gasteiger partial charge in [-0.05, 0) is 30.2 Å². The molecule has 0 radical (unpaired) electrons. The number of halogens is 3. The van der Waals surface area contributed by atoms with Gasteiger partial charge in [-0.15, -0.1) is 0 Å². The molecule has 0 spiro atoms. The minimum absolute atomic E-state index is 0.130. The molecule has 0 fully saturated rings. The molecular weight excluding hydrogens is 249 g/mol. The summed E-state index contributed by atoms with van der Waals surface area (Å²) < 4.78 is 47.5. The van der Waals surface area contributed by atoms with Crippen LogP contribution < -0.4 is 4.74 Å². The first kappa shape index (κ1) is 12.7. The summed E-state index contributed by atoms with van der Waals surface area (Å²) in [6.07, 6.45) is -4.20. The molecule has 1 aliphatic rings. The Kier molecular flexibility index (Phi) is 3.19. The third-order valence-electron chi connectivity index (χ3n) is 2.83. The second-order valence-electron chi connectivity index (χ2n) is 4.06. The normalized spacial score (nSPS) is 18.8. The van der Waals surface area contributed by atoms with Crippen molar-refractivity contribution in [1.82, 2.24) is 0 Å². The highest BCUT2D eigenvalue weighted by molar-refractivity contribution is 5.73. The lowest BCUT2D eigenvalue weighted by molar-refractivity contribution is -0.146. The first-order chi connectivity index (χ1) is 8.41. The molecule has 18 heavy (non-hydrogen) atoms. The van der Waals surface area contributed by atoms with Crippen LogP contribution in [-0.4, -0.2) is 19.7 Å². The smallest absolute Gasteiger partial charge is 0.416 e. The number of rotatable bonds is 1. The van der Waals surface area contributed by atoms with Crippen molar-refractivity contribution in [3.05, 3.63) is 29.3 Å². The van der Waals surface area contributed by atoms with E-state index in [1.165, 1.54) is 13.2 Å². The Labute approximate surface area is 102 Å². The Hall–Kier alpha value is -1.72. The summed E-state index contributed by atoms with van der Waals surface area (Å²) in [6.45, 7) is 0.130. The SMILES string of the molecule is COC(=O)C1COc2ccc(C(F)(F)F)cc2C1. The second-order valence-corrected chi connectivity index (χ2v) is 4.06. The van der Waals surface area contributed by atoms with Crippen LogP contribution in [0.2, 0.25) is 0 Å². The second kappa shape index (κ2) is 4.51. The van der Waals surface area contributed by atoms with Crippen LogP contribution in [0.15, 0.2) is 18.2 Å². The number of ether oxygens (including phenoxy) is 2. The molecule has 1 aliphatic heterocycles. The fourth-order valence-electron chi connectivity index (χ4n) is 1.89. The van der Waals surface area contributed by atoms with Gasteiger partial charge in [0, 0.05) is 0 Å². The lowest BCUT2D eigenvalue weighted by Gasteiger charge is -2.24. The van der Waals surface area contributed by atoms with Gasteiger partial charge < -0.3 is 9.47 Å². The Morgan fingerprint density at radius 2 is 2.17 bits per heavy atom. The van der Waals surface area contributed by atoms with E-state index in [0.717, 1.165) is 12.1 Å².